The van der Waals surface area contributed by atoms with Crippen LogP contribution in [0, 0.1) is 11.3 Å². The first-order valence-electron chi connectivity index (χ1n) is 9.67. The Balaban J connectivity index is 1.54. The molecule has 6 nitrogen and oxygen atoms in total. The SMILES string of the molecule is N#C/C(=C\c1cc(Cl)ccc1OCC(=O)Nc1ccc(Cl)c(Cl)c1)c1nc2ccccc2[nH]1. The predicted molar refractivity (Wildman–Crippen MR) is 132 cm³/mol. The van der Waals surface area contributed by atoms with Crippen molar-refractivity contribution in [3.05, 3.63) is 87.1 Å². The quantitative estimate of drug-likeness (QED) is 0.293. The highest BCUT2D eigenvalue weighted by Gasteiger charge is 2.12. The fourth-order valence-electron chi connectivity index (χ4n) is 3.07. The lowest BCUT2D eigenvalue weighted by Gasteiger charge is -2.11. The maximum absolute atomic E-state index is 12.3. The zero-order valence-electron chi connectivity index (χ0n) is 16.9. The molecular formula is C24H15Cl3N4O2. The van der Waals surface area contributed by atoms with Crippen molar-refractivity contribution in [3.63, 3.8) is 0 Å². The van der Waals surface area contributed by atoms with E-state index in [4.69, 9.17) is 39.5 Å². The molecule has 0 fully saturated rings. The van der Waals surface area contributed by atoms with Crippen LogP contribution in [0.25, 0.3) is 22.7 Å². The van der Waals surface area contributed by atoms with E-state index in [0.29, 0.717) is 43.5 Å². The van der Waals surface area contributed by atoms with Crippen LogP contribution in [0.15, 0.2) is 60.7 Å². The van der Waals surface area contributed by atoms with Crippen molar-refractivity contribution in [1.82, 2.24) is 9.97 Å². The van der Waals surface area contributed by atoms with E-state index in [1.807, 2.05) is 24.3 Å². The number of rotatable bonds is 6. The summed E-state index contributed by atoms with van der Waals surface area (Å²) >= 11 is 18.0. The van der Waals surface area contributed by atoms with Crippen molar-refractivity contribution in [2.75, 3.05) is 11.9 Å². The number of fused-ring (bicyclic) bond motifs is 1. The van der Waals surface area contributed by atoms with Gasteiger partial charge in [0.15, 0.2) is 6.61 Å². The van der Waals surface area contributed by atoms with E-state index < -0.39 is 5.91 Å². The topological polar surface area (TPSA) is 90.8 Å². The van der Waals surface area contributed by atoms with Crippen molar-refractivity contribution < 1.29 is 9.53 Å². The standard InChI is InChI=1S/C24H15Cl3N4O2/c25-16-5-8-22(33-13-23(32)29-17-6-7-18(26)19(27)11-17)14(10-16)9-15(12-28)24-30-20-3-1-2-4-21(20)31-24/h1-11H,13H2,(H,29,32)(H,30,31)/b15-9+. The number of nitrogens with zero attached hydrogens (tertiary/aromatic N) is 2. The Morgan fingerprint density at radius 1 is 1.09 bits per heavy atom. The Morgan fingerprint density at radius 3 is 2.67 bits per heavy atom. The first-order chi connectivity index (χ1) is 15.9. The number of amides is 1. The van der Waals surface area contributed by atoms with Gasteiger partial charge >= 0.3 is 0 Å². The molecule has 0 spiro atoms. The zero-order valence-corrected chi connectivity index (χ0v) is 19.2. The van der Waals surface area contributed by atoms with Gasteiger partial charge in [0.05, 0.1) is 26.7 Å². The van der Waals surface area contributed by atoms with E-state index in [1.54, 1.807) is 42.5 Å². The third kappa shape index (κ3) is 5.47. The number of hydrogen-bond acceptors (Lipinski definition) is 4. The van der Waals surface area contributed by atoms with Crippen molar-refractivity contribution in [2.45, 2.75) is 0 Å². The summed E-state index contributed by atoms with van der Waals surface area (Å²) < 4.78 is 5.71. The van der Waals surface area contributed by atoms with Gasteiger partial charge in [0, 0.05) is 16.3 Å². The second-order valence-electron chi connectivity index (χ2n) is 6.92. The molecule has 3 aromatic carbocycles. The van der Waals surface area contributed by atoms with Crippen LogP contribution in [0.4, 0.5) is 5.69 Å². The molecule has 164 valence electrons. The number of para-hydroxylation sites is 2. The second kappa shape index (κ2) is 9.97. The Hall–Kier alpha value is -3.50. The van der Waals surface area contributed by atoms with Gasteiger partial charge in [-0.25, -0.2) is 4.98 Å². The molecule has 0 radical (unpaired) electrons. The van der Waals surface area contributed by atoms with Crippen molar-refractivity contribution in [2.24, 2.45) is 0 Å². The van der Waals surface area contributed by atoms with E-state index in [2.05, 4.69) is 21.4 Å². The molecule has 0 saturated carbocycles. The molecule has 0 saturated heterocycles. The number of aromatic nitrogens is 2. The summed E-state index contributed by atoms with van der Waals surface area (Å²) in [7, 11) is 0. The van der Waals surface area contributed by atoms with Gasteiger partial charge in [-0.2, -0.15) is 5.26 Å². The lowest BCUT2D eigenvalue weighted by atomic mass is 10.1. The lowest BCUT2D eigenvalue weighted by molar-refractivity contribution is -0.118. The number of hydrogen-bond donors (Lipinski definition) is 2. The molecule has 2 N–H and O–H groups in total. The summed E-state index contributed by atoms with van der Waals surface area (Å²) in [5, 5.41) is 13.6. The Kier molecular flexibility index (Phi) is 6.85. The first kappa shape index (κ1) is 22.7. The van der Waals surface area contributed by atoms with Gasteiger partial charge in [0.2, 0.25) is 0 Å². The lowest BCUT2D eigenvalue weighted by Crippen LogP contribution is -2.20. The molecule has 9 heteroatoms. The summed E-state index contributed by atoms with van der Waals surface area (Å²) in [6.07, 6.45) is 1.61. The maximum Gasteiger partial charge on any atom is 0.262 e. The van der Waals surface area contributed by atoms with E-state index >= 15 is 0 Å². The molecule has 0 atom stereocenters. The largest absolute Gasteiger partial charge is 0.483 e. The third-order valence-electron chi connectivity index (χ3n) is 4.60. The second-order valence-corrected chi connectivity index (χ2v) is 8.17. The van der Waals surface area contributed by atoms with Gasteiger partial charge in [-0.1, -0.05) is 46.9 Å². The molecule has 0 aliphatic heterocycles. The zero-order chi connectivity index (χ0) is 23.4. The molecule has 0 aliphatic rings. The minimum atomic E-state index is -0.393. The molecule has 4 rings (SSSR count). The fourth-order valence-corrected chi connectivity index (χ4v) is 3.55. The van der Waals surface area contributed by atoms with Gasteiger partial charge in [0.1, 0.15) is 17.6 Å². The smallest absolute Gasteiger partial charge is 0.262 e. The summed E-state index contributed by atoms with van der Waals surface area (Å²) in [6, 6.07) is 19.3. The molecule has 33 heavy (non-hydrogen) atoms. The normalized spacial score (nSPS) is 11.3. The van der Waals surface area contributed by atoms with Crippen LogP contribution < -0.4 is 10.1 Å². The Labute approximate surface area is 204 Å². The molecule has 0 unspecified atom stereocenters. The monoisotopic (exact) mass is 496 g/mol. The van der Waals surface area contributed by atoms with Gasteiger partial charge < -0.3 is 15.0 Å². The van der Waals surface area contributed by atoms with E-state index in [0.717, 1.165) is 11.0 Å². The molecule has 0 aliphatic carbocycles. The average molecular weight is 498 g/mol. The van der Waals surface area contributed by atoms with Crippen molar-refractivity contribution in [3.8, 4) is 11.8 Å². The summed E-state index contributed by atoms with van der Waals surface area (Å²) in [5.41, 5.74) is 2.87. The van der Waals surface area contributed by atoms with Crippen LogP contribution >= 0.6 is 34.8 Å². The van der Waals surface area contributed by atoms with Crippen LogP contribution in [-0.4, -0.2) is 22.5 Å². The highest BCUT2D eigenvalue weighted by molar-refractivity contribution is 6.42. The van der Waals surface area contributed by atoms with E-state index in [9.17, 15) is 10.1 Å². The minimum Gasteiger partial charge on any atom is -0.483 e. The Bertz CT molecular complexity index is 1390. The van der Waals surface area contributed by atoms with Gasteiger partial charge in [-0.15, -0.1) is 0 Å². The summed E-state index contributed by atoms with van der Waals surface area (Å²) in [4.78, 5) is 19.9. The van der Waals surface area contributed by atoms with Gasteiger partial charge in [-0.05, 0) is 54.6 Å². The van der Waals surface area contributed by atoms with Gasteiger partial charge in [-0.3, -0.25) is 4.79 Å². The molecule has 1 aromatic heterocycles. The molecule has 1 amide bonds. The van der Waals surface area contributed by atoms with E-state index in [-0.39, 0.29) is 6.61 Å². The number of allylic oxidation sites excluding steroid dienone is 1. The number of ether oxygens (including phenoxy) is 1. The number of H-pyrrole nitrogens is 1. The number of carbonyl (C=O) groups is 1. The number of nitrogens with one attached hydrogen (secondary N) is 2. The van der Waals surface area contributed by atoms with Gasteiger partial charge in [0.25, 0.3) is 5.91 Å². The van der Waals surface area contributed by atoms with Crippen LogP contribution in [0.1, 0.15) is 11.4 Å². The molecule has 0 bridgehead atoms. The maximum atomic E-state index is 12.3. The van der Waals surface area contributed by atoms with Crippen LogP contribution in [-0.2, 0) is 4.79 Å². The van der Waals surface area contributed by atoms with Crippen LogP contribution in [0.2, 0.25) is 15.1 Å². The highest BCUT2D eigenvalue weighted by atomic mass is 35.5. The average Bonchev–Trinajstić information content (AvgIpc) is 3.23. The number of halogens is 3. The number of imidazole rings is 1. The number of carbonyl (C=O) groups excluding carboxylic acids is 1. The van der Waals surface area contributed by atoms with Crippen LogP contribution in [0.3, 0.4) is 0 Å². The fraction of sp³-hybridized carbons (Fsp3) is 0.0417. The highest BCUT2D eigenvalue weighted by Crippen LogP contribution is 2.28. The molecular weight excluding hydrogens is 483 g/mol. The number of anilines is 1. The van der Waals surface area contributed by atoms with Crippen molar-refractivity contribution in [1.29, 1.82) is 5.26 Å². The Morgan fingerprint density at radius 2 is 1.91 bits per heavy atom. The molecule has 4 aromatic rings. The predicted octanol–water partition coefficient (Wildman–Crippen LogP) is 6.60. The first-order valence-corrected chi connectivity index (χ1v) is 10.8. The summed E-state index contributed by atoms with van der Waals surface area (Å²) in [5.74, 6) is 0.408. The van der Waals surface area contributed by atoms with E-state index in [1.165, 1.54) is 0 Å². The minimum absolute atomic E-state index is 0.269. The number of benzene rings is 3. The summed E-state index contributed by atoms with van der Waals surface area (Å²) in [6.45, 7) is -0.269. The van der Waals surface area contributed by atoms with Crippen molar-refractivity contribution >= 4 is 69.1 Å². The number of aromatic amines is 1. The molecule has 1 heterocycles. The van der Waals surface area contributed by atoms with Crippen LogP contribution in [0.5, 0.6) is 5.75 Å². The third-order valence-corrected chi connectivity index (χ3v) is 5.57. The number of nitriles is 1.